The Labute approximate surface area is 115 Å². The van der Waals surface area contributed by atoms with Gasteiger partial charge in [0.2, 0.25) is 11.8 Å². The number of benzene rings is 1. The SMILES string of the molecule is O=C1CC(C(=O)N2c3ccccc3CC2C(=O)O)CN1. The highest BCUT2D eigenvalue weighted by atomic mass is 16.4. The Morgan fingerprint density at radius 1 is 1.25 bits per heavy atom. The second kappa shape index (κ2) is 4.63. The lowest BCUT2D eigenvalue weighted by molar-refractivity contribution is -0.140. The number of nitrogens with zero attached hydrogens (tertiary/aromatic N) is 1. The maximum Gasteiger partial charge on any atom is 0.327 e. The Morgan fingerprint density at radius 3 is 2.65 bits per heavy atom. The number of fused-ring (bicyclic) bond motifs is 1. The highest BCUT2D eigenvalue weighted by molar-refractivity contribution is 6.05. The van der Waals surface area contributed by atoms with Crippen molar-refractivity contribution < 1.29 is 19.5 Å². The van der Waals surface area contributed by atoms with Crippen molar-refractivity contribution in [3.63, 3.8) is 0 Å². The van der Waals surface area contributed by atoms with Crippen LogP contribution in [0.3, 0.4) is 0 Å². The van der Waals surface area contributed by atoms with E-state index in [0.29, 0.717) is 12.1 Å². The number of para-hydroxylation sites is 1. The van der Waals surface area contributed by atoms with E-state index in [1.54, 1.807) is 12.1 Å². The van der Waals surface area contributed by atoms with Crippen LogP contribution in [-0.2, 0) is 20.8 Å². The summed E-state index contributed by atoms with van der Waals surface area (Å²) in [6, 6.07) is 6.31. The van der Waals surface area contributed by atoms with Crippen LogP contribution in [0.2, 0.25) is 0 Å². The Bertz CT molecular complexity index is 599. The van der Waals surface area contributed by atoms with E-state index in [0.717, 1.165) is 5.56 Å². The lowest BCUT2D eigenvalue weighted by atomic mass is 10.1. The standard InChI is InChI=1S/C14H14N2O4/c17-12-6-9(7-15-12)13(18)16-10-4-2-1-3-8(10)5-11(16)14(19)20/h1-4,9,11H,5-7H2,(H,15,17)(H,19,20). The van der Waals surface area contributed by atoms with E-state index in [-0.39, 0.29) is 24.8 Å². The van der Waals surface area contributed by atoms with Crippen molar-refractivity contribution in [2.24, 2.45) is 5.92 Å². The zero-order chi connectivity index (χ0) is 14.3. The van der Waals surface area contributed by atoms with Crippen molar-refractivity contribution in [3.05, 3.63) is 29.8 Å². The molecule has 2 aliphatic heterocycles. The van der Waals surface area contributed by atoms with E-state index in [1.807, 2.05) is 12.1 Å². The molecule has 2 atom stereocenters. The van der Waals surface area contributed by atoms with Gasteiger partial charge in [0.25, 0.3) is 0 Å². The van der Waals surface area contributed by atoms with Gasteiger partial charge in [-0.15, -0.1) is 0 Å². The van der Waals surface area contributed by atoms with Gasteiger partial charge in [-0.3, -0.25) is 14.5 Å². The molecule has 2 amide bonds. The van der Waals surface area contributed by atoms with Crippen molar-refractivity contribution >= 4 is 23.5 Å². The maximum atomic E-state index is 12.5. The van der Waals surface area contributed by atoms with Crippen LogP contribution in [0.1, 0.15) is 12.0 Å². The van der Waals surface area contributed by atoms with Crippen molar-refractivity contribution in [1.29, 1.82) is 0 Å². The van der Waals surface area contributed by atoms with Crippen LogP contribution < -0.4 is 10.2 Å². The van der Waals surface area contributed by atoms with Gasteiger partial charge >= 0.3 is 5.97 Å². The third-order valence-electron chi connectivity index (χ3n) is 3.83. The number of hydrogen-bond acceptors (Lipinski definition) is 3. The molecule has 0 saturated carbocycles. The molecule has 0 bridgehead atoms. The molecule has 0 spiro atoms. The molecule has 2 aliphatic rings. The third kappa shape index (κ3) is 1.93. The number of aliphatic carboxylic acids is 1. The molecular formula is C14H14N2O4. The topological polar surface area (TPSA) is 86.7 Å². The number of anilines is 1. The summed E-state index contributed by atoms with van der Waals surface area (Å²) in [5.74, 6) is -1.95. The van der Waals surface area contributed by atoms with Gasteiger partial charge in [0.05, 0.1) is 5.92 Å². The first-order valence-corrected chi connectivity index (χ1v) is 6.48. The van der Waals surface area contributed by atoms with E-state index in [9.17, 15) is 19.5 Å². The summed E-state index contributed by atoms with van der Waals surface area (Å²) in [4.78, 5) is 36.5. The van der Waals surface area contributed by atoms with Crippen LogP contribution >= 0.6 is 0 Å². The number of hydrogen-bond donors (Lipinski definition) is 2. The molecule has 6 nitrogen and oxygen atoms in total. The highest BCUT2D eigenvalue weighted by Crippen LogP contribution is 2.34. The van der Waals surface area contributed by atoms with Gasteiger partial charge < -0.3 is 10.4 Å². The molecule has 1 saturated heterocycles. The molecule has 0 radical (unpaired) electrons. The van der Waals surface area contributed by atoms with Crippen LogP contribution in [-0.4, -0.2) is 35.5 Å². The molecule has 3 rings (SSSR count). The number of carbonyl (C=O) groups is 3. The average molecular weight is 274 g/mol. The summed E-state index contributed by atoms with van der Waals surface area (Å²) >= 11 is 0. The number of carbonyl (C=O) groups excluding carboxylic acids is 2. The summed E-state index contributed by atoms with van der Waals surface area (Å²) in [5.41, 5.74) is 1.50. The van der Waals surface area contributed by atoms with Gasteiger partial charge in [-0.05, 0) is 11.6 Å². The Balaban J connectivity index is 1.94. The van der Waals surface area contributed by atoms with Crippen LogP contribution in [0.15, 0.2) is 24.3 Å². The number of nitrogens with one attached hydrogen (secondary N) is 1. The first-order chi connectivity index (χ1) is 9.58. The lowest BCUT2D eigenvalue weighted by Crippen LogP contribution is -2.46. The molecule has 2 N–H and O–H groups in total. The van der Waals surface area contributed by atoms with Crippen molar-refractivity contribution in [1.82, 2.24) is 5.32 Å². The van der Waals surface area contributed by atoms with Gasteiger partial charge in [0, 0.05) is 25.1 Å². The van der Waals surface area contributed by atoms with Crippen molar-refractivity contribution in [2.75, 3.05) is 11.4 Å². The highest BCUT2D eigenvalue weighted by Gasteiger charge is 2.42. The minimum atomic E-state index is -1.02. The quantitative estimate of drug-likeness (QED) is 0.804. The van der Waals surface area contributed by atoms with E-state index in [2.05, 4.69) is 5.32 Å². The second-order valence-corrected chi connectivity index (χ2v) is 5.10. The number of carboxylic acids is 1. The van der Waals surface area contributed by atoms with Crippen molar-refractivity contribution in [2.45, 2.75) is 18.9 Å². The van der Waals surface area contributed by atoms with Crippen LogP contribution in [0.25, 0.3) is 0 Å². The van der Waals surface area contributed by atoms with Gasteiger partial charge in [-0.2, -0.15) is 0 Å². The molecule has 104 valence electrons. The zero-order valence-electron chi connectivity index (χ0n) is 10.7. The monoisotopic (exact) mass is 274 g/mol. The molecular weight excluding hydrogens is 260 g/mol. The summed E-state index contributed by atoms with van der Waals surface area (Å²) in [6.45, 7) is 0.280. The fourth-order valence-electron chi connectivity index (χ4n) is 2.83. The van der Waals surface area contributed by atoms with Crippen molar-refractivity contribution in [3.8, 4) is 0 Å². The zero-order valence-corrected chi connectivity index (χ0v) is 10.7. The molecule has 0 aromatic heterocycles. The normalized spacial score (nSPS) is 24.4. The lowest BCUT2D eigenvalue weighted by Gasteiger charge is -2.25. The van der Waals surface area contributed by atoms with E-state index in [4.69, 9.17) is 0 Å². The van der Waals surface area contributed by atoms with Crippen LogP contribution in [0.4, 0.5) is 5.69 Å². The summed E-state index contributed by atoms with van der Waals surface area (Å²) < 4.78 is 0. The second-order valence-electron chi connectivity index (χ2n) is 5.10. The summed E-state index contributed by atoms with van der Waals surface area (Å²) in [5, 5.41) is 11.9. The first-order valence-electron chi connectivity index (χ1n) is 6.48. The van der Waals surface area contributed by atoms with Gasteiger partial charge in [-0.1, -0.05) is 18.2 Å². The molecule has 1 fully saturated rings. The maximum absolute atomic E-state index is 12.5. The molecule has 2 heterocycles. The summed E-state index contributed by atoms with van der Waals surface area (Å²) in [6.07, 6.45) is 0.440. The Morgan fingerprint density at radius 2 is 2.00 bits per heavy atom. The fraction of sp³-hybridized carbons (Fsp3) is 0.357. The third-order valence-corrected chi connectivity index (χ3v) is 3.83. The minimum absolute atomic E-state index is 0.129. The van der Waals surface area contributed by atoms with E-state index < -0.39 is 17.9 Å². The first kappa shape index (κ1) is 12.7. The molecule has 6 heteroatoms. The van der Waals surface area contributed by atoms with E-state index >= 15 is 0 Å². The molecule has 20 heavy (non-hydrogen) atoms. The number of carboxylic acid groups (broad SMARTS) is 1. The molecule has 2 unspecified atom stereocenters. The Hall–Kier alpha value is -2.37. The van der Waals surface area contributed by atoms with Gasteiger partial charge in [-0.25, -0.2) is 4.79 Å². The predicted octanol–water partition coefficient (Wildman–Crippen LogP) is 0.165. The predicted molar refractivity (Wildman–Crippen MR) is 70.2 cm³/mol. The van der Waals surface area contributed by atoms with Gasteiger partial charge in [0.15, 0.2) is 0 Å². The Kier molecular flexibility index (Phi) is 2.93. The molecule has 1 aromatic carbocycles. The number of amides is 2. The largest absolute Gasteiger partial charge is 0.480 e. The molecule has 0 aliphatic carbocycles. The van der Waals surface area contributed by atoms with E-state index in [1.165, 1.54) is 4.90 Å². The number of rotatable bonds is 2. The summed E-state index contributed by atoms with van der Waals surface area (Å²) in [7, 11) is 0. The minimum Gasteiger partial charge on any atom is -0.480 e. The average Bonchev–Trinajstić information content (AvgIpc) is 3.01. The molecule has 1 aromatic rings. The van der Waals surface area contributed by atoms with Crippen LogP contribution in [0, 0.1) is 5.92 Å². The van der Waals surface area contributed by atoms with Crippen LogP contribution in [0.5, 0.6) is 0 Å². The smallest absolute Gasteiger partial charge is 0.327 e. The van der Waals surface area contributed by atoms with Gasteiger partial charge in [0.1, 0.15) is 6.04 Å². The fourth-order valence-corrected chi connectivity index (χ4v) is 2.83.